The monoisotopic (exact) mass is 480 g/mol. The van der Waals surface area contributed by atoms with Gasteiger partial charge in [-0.05, 0) is 47.6 Å². The van der Waals surface area contributed by atoms with Gasteiger partial charge >= 0.3 is 0 Å². The Labute approximate surface area is 169 Å². The van der Waals surface area contributed by atoms with Crippen LogP contribution in [-0.2, 0) is 10.0 Å². The van der Waals surface area contributed by atoms with E-state index in [1.54, 1.807) is 0 Å². The highest BCUT2D eigenvalue weighted by molar-refractivity contribution is 9.10. The lowest BCUT2D eigenvalue weighted by Crippen LogP contribution is -2.21. The highest BCUT2D eigenvalue weighted by Gasteiger charge is 2.24. The van der Waals surface area contributed by atoms with Crippen LogP contribution in [0.25, 0.3) is 0 Å². The van der Waals surface area contributed by atoms with Crippen molar-refractivity contribution in [3.63, 3.8) is 0 Å². The summed E-state index contributed by atoms with van der Waals surface area (Å²) >= 11 is 9.00. The van der Waals surface area contributed by atoms with Crippen molar-refractivity contribution in [1.82, 2.24) is 4.90 Å². The van der Waals surface area contributed by atoms with Crippen LogP contribution < -0.4 is 9.46 Å². The number of likely N-dealkylation sites (tertiary alicyclic amines) is 1. The minimum atomic E-state index is -4.28. The second-order valence-corrected chi connectivity index (χ2v) is 9.15. The van der Waals surface area contributed by atoms with E-state index in [-0.39, 0.29) is 16.3 Å². The third kappa shape index (κ3) is 4.71. The lowest BCUT2D eigenvalue weighted by Gasteiger charge is -2.16. The van der Waals surface area contributed by atoms with E-state index in [0.29, 0.717) is 16.8 Å². The highest BCUT2D eigenvalue weighted by Crippen LogP contribution is 2.32. The summed E-state index contributed by atoms with van der Waals surface area (Å²) in [4.78, 5) is 1.44. The van der Waals surface area contributed by atoms with Crippen molar-refractivity contribution in [3.05, 3.63) is 51.5 Å². The van der Waals surface area contributed by atoms with E-state index in [2.05, 4.69) is 25.6 Å². The molecule has 1 saturated heterocycles. The summed E-state index contributed by atoms with van der Waals surface area (Å²) in [5.74, 6) is -1.75. The minimum absolute atomic E-state index is 0.0511. The summed E-state index contributed by atoms with van der Waals surface area (Å²) in [5, 5.41) is 0.336. The number of anilines is 1. The molecule has 2 aromatic rings. The SMILES string of the molecule is CN1CCC(Oc2cc(NS(=O)(=O)c3cc(Br)c(F)cc3F)ccc2Cl)C1. The fraction of sp³-hybridized carbons (Fsp3) is 0.294. The molecule has 0 amide bonds. The van der Waals surface area contributed by atoms with Gasteiger partial charge < -0.3 is 9.64 Å². The third-order valence-corrected chi connectivity index (χ3v) is 6.41. The first kappa shape index (κ1) is 20.3. The molecule has 5 nitrogen and oxygen atoms in total. The fourth-order valence-corrected chi connectivity index (χ4v) is 4.54. The van der Waals surface area contributed by atoms with Crippen molar-refractivity contribution in [2.24, 2.45) is 0 Å². The van der Waals surface area contributed by atoms with Crippen molar-refractivity contribution in [2.75, 3.05) is 24.9 Å². The molecule has 0 aliphatic carbocycles. The van der Waals surface area contributed by atoms with E-state index in [9.17, 15) is 17.2 Å². The number of hydrogen-bond donors (Lipinski definition) is 1. The number of nitrogens with one attached hydrogen (secondary N) is 1. The van der Waals surface area contributed by atoms with Crippen molar-refractivity contribution < 1.29 is 21.9 Å². The lowest BCUT2D eigenvalue weighted by atomic mass is 10.3. The maximum Gasteiger partial charge on any atom is 0.264 e. The Balaban J connectivity index is 1.85. The maximum atomic E-state index is 13.9. The number of likely N-dealkylation sites (N-methyl/N-ethyl adjacent to an activating group) is 1. The number of halogens is 4. The first-order chi connectivity index (χ1) is 12.7. The van der Waals surface area contributed by atoms with E-state index < -0.39 is 26.6 Å². The zero-order valence-electron chi connectivity index (χ0n) is 14.2. The quantitative estimate of drug-likeness (QED) is 0.648. The Morgan fingerprint density at radius 2 is 2.00 bits per heavy atom. The molecule has 146 valence electrons. The second kappa shape index (κ2) is 7.90. The normalized spacial score (nSPS) is 17.9. The summed E-state index contributed by atoms with van der Waals surface area (Å²) in [6, 6.07) is 5.74. The molecule has 1 atom stereocenters. The lowest BCUT2D eigenvalue weighted by molar-refractivity contribution is 0.208. The molecule has 0 radical (unpaired) electrons. The molecule has 0 aromatic heterocycles. The summed E-state index contributed by atoms with van der Waals surface area (Å²) in [5.41, 5.74) is 0.153. The standard InChI is InChI=1S/C17H16BrClF2N2O3S/c1-23-5-4-11(9-23)26-16-6-10(2-3-13(16)19)22-27(24,25)17-7-12(18)14(20)8-15(17)21/h2-3,6-8,11,22H,4-5,9H2,1H3. The van der Waals surface area contributed by atoms with Gasteiger partial charge in [0.15, 0.2) is 0 Å². The van der Waals surface area contributed by atoms with Crippen LogP contribution in [0.4, 0.5) is 14.5 Å². The molecule has 3 rings (SSSR count). The van der Waals surface area contributed by atoms with E-state index in [4.69, 9.17) is 16.3 Å². The Morgan fingerprint density at radius 1 is 1.26 bits per heavy atom. The van der Waals surface area contributed by atoms with Crippen LogP contribution in [0.2, 0.25) is 5.02 Å². The Morgan fingerprint density at radius 3 is 2.67 bits per heavy atom. The van der Waals surface area contributed by atoms with E-state index >= 15 is 0 Å². The molecule has 1 heterocycles. The van der Waals surface area contributed by atoms with Crippen LogP contribution in [-0.4, -0.2) is 39.6 Å². The summed E-state index contributed by atoms with van der Waals surface area (Å²) in [7, 11) is -2.30. The minimum Gasteiger partial charge on any atom is -0.487 e. The molecule has 1 fully saturated rings. The van der Waals surface area contributed by atoms with Gasteiger partial charge in [-0.25, -0.2) is 17.2 Å². The average molecular weight is 482 g/mol. The molecule has 2 aromatic carbocycles. The molecule has 1 N–H and O–H groups in total. The van der Waals surface area contributed by atoms with Crippen LogP contribution in [0.1, 0.15) is 6.42 Å². The average Bonchev–Trinajstić information content (AvgIpc) is 2.98. The van der Waals surface area contributed by atoms with Gasteiger partial charge in [-0.3, -0.25) is 4.72 Å². The zero-order valence-corrected chi connectivity index (χ0v) is 17.3. The molecule has 10 heteroatoms. The maximum absolute atomic E-state index is 13.9. The fourth-order valence-electron chi connectivity index (χ4n) is 2.75. The number of nitrogens with zero attached hydrogens (tertiary/aromatic N) is 1. The molecule has 1 aliphatic rings. The van der Waals surface area contributed by atoms with E-state index in [1.807, 2.05) is 7.05 Å². The van der Waals surface area contributed by atoms with Crippen molar-refractivity contribution in [1.29, 1.82) is 0 Å². The highest BCUT2D eigenvalue weighted by atomic mass is 79.9. The first-order valence-corrected chi connectivity index (χ1v) is 10.6. The Bertz CT molecular complexity index is 975. The van der Waals surface area contributed by atoms with Crippen molar-refractivity contribution in [3.8, 4) is 5.75 Å². The predicted molar refractivity (Wildman–Crippen MR) is 103 cm³/mol. The number of benzene rings is 2. The molecule has 0 saturated carbocycles. The van der Waals surface area contributed by atoms with Gasteiger partial charge in [0.05, 0.1) is 15.2 Å². The van der Waals surface area contributed by atoms with Crippen LogP contribution in [0.5, 0.6) is 5.75 Å². The number of hydrogen-bond acceptors (Lipinski definition) is 4. The van der Waals surface area contributed by atoms with Crippen LogP contribution in [0.3, 0.4) is 0 Å². The van der Waals surface area contributed by atoms with E-state index in [0.717, 1.165) is 25.6 Å². The third-order valence-electron chi connectivity index (χ3n) is 4.09. The molecule has 27 heavy (non-hydrogen) atoms. The summed E-state index contributed by atoms with van der Waals surface area (Å²) in [6.07, 6.45) is 0.780. The van der Waals surface area contributed by atoms with Crippen molar-refractivity contribution in [2.45, 2.75) is 17.4 Å². The van der Waals surface area contributed by atoms with Crippen molar-refractivity contribution >= 4 is 43.2 Å². The van der Waals surface area contributed by atoms with Gasteiger partial charge in [0, 0.05) is 25.2 Å². The number of rotatable bonds is 5. The Kier molecular flexibility index (Phi) is 5.95. The molecule has 0 bridgehead atoms. The van der Waals surface area contributed by atoms with Crippen LogP contribution in [0.15, 0.2) is 39.7 Å². The molecule has 1 aliphatic heterocycles. The summed E-state index contributed by atoms with van der Waals surface area (Å²) < 4.78 is 60.3. The first-order valence-electron chi connectivity index (χ1n) is 7.98. The second-order valence-electron chi connectivity index (χ2n) is 6.24. The van der Waals surface area contributed by atoms with Gasteiger partial charge in [-0.15, -0.1) is 0 Å². The van der Waals surface area contributed by atoms with Crippen LogP contribution >= 0.6 is 27.5 Å². The zero-order chi connectivity index (χ0) is 19.8. The number of ether oxygens (including phenoxy) is 1. The molecular formula is C17H16BrClF2N2O3S. The van der Waals surface area contributed by atoms with Gasteiger partial charge in [0.1, 0.15) is 28.4 Å². The van der Waals surface area contributed by atoms with Gasteiger partial charge in [-0.1, -0.05) is 11.6 Å². The van der Waals surface area contributed by atoms with E-state index in [1.165, 1.54) is 18.2 Å². The van der Waals surface area contributed by atoms with Crippen LogP contribution in [0, 0.1) is 11.6 Å². The predicted octanol–water partition coefficient (Wildman–Crippen LogP) is 4.26. The Hall–Kier alpha value is -1.42. The van der Waals surface area contributed by atoms with Gasteiger partial charge in [0.2, 0.25) is 0 Å². The molecular weight excluding hydrogens is 466 g/mol. The molecule has 1 unspecified atom stereocenters. The number of sulfonamides is 1. The molecule has 0 spiro atoms. The smallest absolute Gasteiger partial charge is 0.264 e. The van der Waals surface area contributed by atoms with Gasteiger partial charge in [-0.2, -0.15) is 0 Å². The summed E-state index contributed by atoms with van der Waals surface area (Å²) in [6.45, 7) is 1.63. The largest absolute Gasteiger partial charge is 0.487 e. The van der Waals surface area contributed by atoms with Gasteiger partial charge in [0.25, 0.3) is 10.0 Å². The topological polar surface area (TPSA) is 58.6 Å².